The number of nitrogens with one attached hydrogen (secondary N) is 1. The fourth-order valence-corrected chi connectivity index (χ4v) is 2.90. The van der Waals surface area contributed by atoms with Crippen molar-refractivity contribution >= 4 is 64.4 Å². The highest BCUT2D eigenvalue weighted by Crippen LogP contribution is 2.17. The average Bonchev–Trinajstić information content (AvgIpc) is 2.64. The van der Waals surface area contributed by atoms with Gasteiger partial charge in [-0.2, -0.15) is 0 Å². The molecule has 0 unspecified atom stereocenters. The van der Waals surface area contributed by atoms with Crippen molar-refractivity contribution in [1.29, 1.82) is 0 Å². The summed E-state index contributed by atoms with van der Waals surface area (Å²) in [6.07, 6.45) is -1.18. The van der Waals surface area contributed by atoms with E-state index in [0.29, 0.717) is 20.6 Å². The Morgan fingerprint density at radius 1 is 0.771 bits per heavy atom. The molecule has 2 rings (SSSR count). The van der Waals surface area contributed by atoms with Crippen molar-refractivity contribution in [3.63, 3.8) is 0 Å². The van der Waals surface area contributed by atoms with E-state index in [1.807, 2.05) is 19.1 Å². The molecule has 1 N–H and O–H groups in total. The minimum absolute atomic E-state index is 0.400. The summed E-state index contributed by atoms with van der Waals surface area (Å²) in [6.45, 7) is 12.1. The van der Waals surface area contributed by atoms with Crippen molar-refractivity contribution in [2.45, 2.75) is 66.1 Å². The molecule has 2 aromatic rings. The predicted octanol–water partition coefficient (Wildman–Crippen LogP) is 8.25. The molecule has 0 fully saturated rings. The van der Waals surface area contributed by atoms with E-state index in [-0.39, 0.29) is 0 Å². The van der Waals surface area contributed by atoms with Crippen molar-refractivity contribution in [3.05, 3.63) is 50.4 Å². The Labute approximate surface area is 226 Å². The zero-order valence-electron chi connectivity index (χ0n) is 21.0. The number of nitrogens with zero attached hydrogens (tertiary/aromatic N) is 2. The first-order valence-corrected chi connectivity index (χ1v) is 11.9. The number of carbonyl (C=O) groups is 2. The topological polar surface area (TPSA) is 99.6 Å². The van der Waals surface area contributed by atoms with E-state index >= 15 is 0 Å². The Balaban J connectivity index is 0.000000510. The fourth-order valence-electron chi connectivity index (χ4n) is 1.94. The molecule has 0 saturated heterocycles. The molecule has 0 bridgehead atoms. The molecule has 0 saturated carbocycles. The fraction of sp³-hybridized carbons (Fsp3) is 0.478. The second-order valence-corrected chi connectivity index (χ2v) is 10.3. The molecule has 196 valence electrons. The molecular weight excluding hydrogens is 540 g/mol. The van der Waals surface area contributed by atoms with Crippen molar-refractivity contribution in [2.75, 3.05) is 12.4 Å². The van der Waals surface area contributed by atoms with Crippen LogP contribution < -0.4 is 5.32 Å². The van der Waals surface area contributed by atoms with Crippen molar-refractivity contribution in [2.24, 2.45) is 0 Å². The van der Waals surface area contributed by atoms with E-state index in [9.17, 15) is 9.59 Å². The molecule has 35 heavy (non-hydrogen) atoms. The average molecular weight is 571 g/mol. The first kappa shape index (κ1) is 33.0. The minimum atomic E-state index is -1.06. The minimum Gasteiger partial charge on any atom is -0.428 e. The molecule has 0 aliphatic carbocycles. The van der Waals surface area contributed by atoms with Gasteiger partial charge < -0.3 is 19.5 Å². The monoisotopic (exact) mass is 569 g/mol. The summed E-state index contributed by atoms with van der Waals surface area (Å²) < 4.78 is 13.8. The van der Waals surface area contributed by atoms with Gasteiger partial charge in [0.25, 0.3) is 0 Å². The maximum absolute atomic E-state index is 11.0. The van der Waals surface area contributed by atoms with E-state index in [2.05, 4.69) is 20.0 Å². The lowest BCUT2D eigenvalue weighted by Gasteiger charge is -2.20. The Morgan fingerprint density at radius 3 is 1.40 bits per heavy atom. The molecule has 0 aliphatic heterocycles. The number of halogens is 4. The van der Waals surface area contributed by atoms with Crippen molar-refractivity contribution < 1.29 is 23.8 Å². The smallest absolute Gasteiger partial charge is 0.428 e. The molecular formula is C23H31Cl4N3O5. The summed E-state index contributed by atoms with van der Waals surface area (Å²) in [5.41, 5.74) is 0.591. The van der Waals surface area contributed by atoms with Gasteiger partial charge in [-0.15, -0.1) is 0 Å². The zero-order valence-corrected chi connectivity index (χ0v) is 24.0. The Morgan fingerprint density at radius 2 is 1.11 bits per heavy atom. The molecule has 8 nitrogen and oxygen atoms in total. The number of hydrogen-bond acceptors (Lipinski definition) is 8. The van der Waals surface area contributed by atoms with Crippen molar-refractivity contribution in [3.8, 4) is 0 Å². The molecule has 0 spiro atoms. The Hall–Kier alpha value is -2.00. The van der Waals surface area contributed by atoms with Crippen LogP contribution in [0.5, 0.6) is 0 Å². The van der Waals surface area contributed by atoms with E-state index in [0.717, 1.165) is 17.7 Å². The van der Waals surface area contributed by atoms with Crippen LogP contribution >= 0.6 is 46.4 Å². The van der Waals surface area contributed by atoms with Crippen molar-refractivity contribution in [1.82, 2.24) is 9.97 Å². The molecule has 12 heteroatoms. The second kappa shape index (κ2) is 15.2. The maximum atomic E-state index is 11.0. The molecule has 0 radical (unpaired) electrons. The van der Waals surface area contributed by atoms with Gasteiger partial charge in [-0.3, -0.25) is 0 Å². The number of aryl methyl sites for hydroxylation is 1. The Kier molecular flexibility index (Phi) is 14.3. The Bertz CT molecular complexity index is 859. The summed E-state index contributed by atoms with van der Waals surface area (Å²) in [4.78, 5) is 29.6. The summed E-state index contributed by atoms with van der Waals surface area (Å²) in [7, 11) is 1.79. The maximum Gasteiger partial charge on any atom is 0.519 e. The second-order valence-electron chi connectivity index (χ2n) is 8.76. The third kappa shape index (κ3) is 18.0. The quantitative estimate of drug-likeness (QED) is 0.219. The lowest BCUT2D eigenvalue weighted by atomic mass is 10.2. The molecule has 0 atom stereocenters. The largest absolute Gasteiger partial charge is 0.519 e. The highest BCUT2D eigenvalue weighted by Gasteiger charge is 2.24. The SMILES string of the molecule is CC(C)(C)OC(=O)OC(=O)OC(C)(C)C.CCc1cc(Cl)nc(Cl)c1.CNc1cc(Cl)nc(Cl)c1. The van der Waals surface area contributed by atoms with Gasteiger partial charge in [0.05, 0.1) is 0 Å². The molecule has 0 aromatic carbocycles. The molecule has 2 heterocycles. The molecule has 0 aliphatic rings. The van der Waals surface area contributed by atoms with Crippen LogP contribution in [0.4, 0.5) is 15.3 Å². The number of aromatic nitrogens is 2. The van der Waals surface area contributed by atoms with Gasteiger partial charge in [0.1, 0.15) is 31.8 Å². The zero-order chi connectivity index (χ0) is 27.4. The van der Waals surface area contributed by atoms with Crippen LogP contribution in [0.25, 0.3) is 0 Å². The van der Waals surface area contributed by atoms with Crippen LogP contribution in [-0.2, 0) is 20.6 Å². The summed E-state index contributed by atoms with van der Waals surface area (Å²) in [5.74, 6) is 0. The standard InChI is InChI=1S/C10H18O5.C7H7Cl2N.C6H6Cl2N2/c1-9(2,3)14-7(11)13-8(12)15-10(4,5)6;1-2-5-3-6(8)10-7(9)4-5;1-9-4-2-5(7)10-6(8)3-4/h1-6H3;3-4H,2H2,1H3;2-3H,1H3,(H,9,10). The van der Waals surface area contributed by atoms with Crippen LogP contribution in [-0.4, -0.2) is 40.5 Å². The lowest BCUT2D eigenvalue weighted by Crippen LogP contribution is -2.29. The normalized spacial score (nSPS) is 10.6. The van der Waals surface area contributed by atoms with Gasteiger partial charge in [0, 0.05) is 12.7 Å². The number of ether oxygens (including phenoxy) is 3. The van der Waals surface area contributed by atoms with Gasteiger partial charge in [0.15, 0.2) is 0 Å². The van der Waals surface area contributed by atoms with E-state index in [1.54, 1.807) is 60.7 Å². The molecule has 2 aromatic heterocycles. The first-order chi connectivity index (χ1) is 15.9. The van der Waals surface area contributed by atoms with Crippen LogP contribution in [0.1, 0.15) is 54.0 Å². The highest BCUT2D eigenvalue weighted by molar-refractivity contribution is 6.33. The number of carbonyl (C=O) groups excluding carboxylic acids is 2. The van der Waals surface area contributed by atoms with Gasteiger partial charge in [-0.25, -0.2) is 19.6 Å². The third-order valence-electron chi connectivity index (χ3n) is 3.23. The summed E-state index contributed by atoms with van der Waals surface area (Å²) in [5, 5.41) is 4.62. The summed E-state index contributed by atoms with van der Waals surface area (Å²) >= 11 is 22.5. The van der Waals surface area contributed by atoms with Gasteiger partial charge in [-0.05, 0) is 77.8 Å². The van der Waals surface area contributed by atoms with Gasteiger partial charge >= 0.3 is 12.3 Å². The van der Waals surface area contributed by atoms with E-state index in [4.69, 9.17) is 55.9 Å². The number of anilines is 1. The van der Waals surface area contributed by atoms with E-state index in [1.165, 1.54) is 0 Å². The highest BCUT2D eigenvalue weighted by atomic mass is 35.5. The number of pyridine rings is 2. The molecule has 0 amide bonds. The van der Waals surface area contributed by atoms with Crippen LogP contribution in [0.2, 0.25) is 20.6 Å². The van der Waals surface area contributed by atoms with Crippen LogP contribution in [0, 0.1) is 0 Å². The number of hydrogen-bond donors (Lipinski definition) is 1. The third-order valence-corrected chi connectivity index (χ3v) is 4.00. The van der Waals surface area contributed by atoms with Gasteiger partial charge in [-0.1, -0.05) is 53.3 Å². The first-order valence-electron chi connectivity index (χ1n) is 10.4. The van der Waals surface area contributed by atoms with Crippen LogP contribution in [0.3, 0.4) is 0 Å². The van der Waals surface area contributed by atoms with Crippen LogP contribution in [0.15, 0.2) is 24.3 Å². The predicted molar refractivity (Wildman–Crippen MR) is 141 cm³/mol. The lowest BCUT2D eigenvalue weighted by molar-refractivity contribution is -0.0293. The summed E-state index contributed by atoms with van der Waals surface area (Å²) in [6, 6.07) is 7.03. The van der Waals surface area contributed by atoms with Gasteiger partial charge in [0.2, 0.25) is 0 Å². The van der Waals surface area contributed by atoms with E-state index < -0.39 is 23.5 Å². The number of rotatable bonds is 2.